The standard InChI is InChI=1S/C32H34N4O4/c1-6-21-17(3)26-14-27-19(5)23(8-10-32(39)40)30(36-27)15-29-22(7-9-31(37)38)18(4)25(34-29)12-20-11-16(2)24(33-20)13-28(21)35-26/h11-15,33-34H,6-10H2,1-5H3,(H,37,38)(H,39,40). The van der Waals surface area contributed by atoms with E-state index in [1.165, 1.54) is 5.57 Å². The van der Waals surface area contributed by atoms with E-state index in [-0.39, 0.29) is 12.8 Å². The maximum Gasteiger partial charge on any atom is 0.303 e. The summed E-state index contributed by atoms with van der Waals surface area (Å²) in [6.07, 6.45) is 1.54. The average molecular weight is 539 g/mol. The molecule has 0 radical (unpaired) electrons. The topological polar surface area (TPSA) is 132 Å². The molecule has 8 bridgehead atoms. The maximum atomic E-state index is 11.5. The van der Waals surface area contributed by atoms with Crippen LogP contribution in [0.3, 0.4) is 0 Å². The minimum Gasteiger partial charge on any atom is -0.481 e. The van der Waals surface area contributed by atoms with Crippen molar-refractivity contribution in [3.63, 3.8) is 0 Å². The van der Waals surface area contributed by atoms with Crippen molar-refractivity contribution in [2.24, 2.45) is 0 Å². The molecule has 0 amide bonds. The summed E-state index contributed by atoms with van der Waals surface area (Å²) in [6.45, 7) is 10.2. The Morgan fingerprint density at radius 2 is 1.30 bits per heavy atom. The number of carboxylic acid groups (broad SMARTS) is 2. The third-order valence-electron chi connectivity index (χ3n) is 7.97. The first-order chi connectivity index (χ1) is 19.0. The van der Waals surface area contributed by atoms with Crippen LogP contribution in [0.4, 0.5) is 0 Å². The van der Waals surface area contributed by atoms with E-state index >= 15 is 0 Å². The van der Waals surface area contributed by atoms with Gasteiger partial charge in [0.05, 0.1) is 22.8 Å². The number of hydrogen-bond donors (Lipinski definition) is 4. The van der Waals surface area contributed by atoms with E-state index in [4.69, 9.17) is 9.97 Å². The van der Waals surface area contributed by atoms with E-state index in [0.29, 0.717) is 18.5 Å². The fourth-order valence-electron chi connectivity index (χ4n) is 5.66. The number of allylic oxidation sites excluding steroid dienone is 4. The summed E-state index contributed by atoms with van der Waals surface area (Å²) in [6, 6.07) is 10.2. The molecule has 3 aromatic rings. The van der Waals surface area contributed by atoms with Crippen molar-refractivity contribution in [3.05, 3.63) is 69.8 Å². The number of carbonyl (C=O) groups is 2. The van der Waals surface area contributed by atoms with Gasteiger partial charge in [-0.15, -0.1) is 0 Å². The first-order valence-corrected chi connectivity index (χ1v) is 13.6. The van der Waals surface area contributed by atoms with Gasteiger partial charge in [0, 0.05) is 34.9 Å². The molecule has 5 heterocycles. The van der Waals surface area contributed by atoms with Crippen LogP contribution in [0.15, 0.2) is 30.3 Å². The lowest BCUT2D eigenvalue weighted by Crippen LogP contribution is -1.98. The van der Waals surface area contributed by atoms with E-state index in [0.717, 1.165) is 79.0 Å². The van der Waals surface area contributed by atoms with Crippen LogP contribution in [0.2, 0.25) is 0 Å². The number of nitrogens with zero attached hydrogens (tertiary/aromatic N) is 2. The van der Waals surface area contributed by atoms with E-state index in [1.807, 2.05) is 32.0 Å². The summed E-state index contributed by atoms with van der Waals surface area (Å²) in [5.74, 6) is -1.73. The van der Waals surface area contributed by atoms with Crippen LogP contribution in [0.25, 0.3) is 44.4 Å². The Balaban J connectivity index is 1.89. The second kappa shape index (κ2) is 10.6. The molecule has 40 heavy (non-hydrogen) atoms. The zero-order valence-corrected chi connectivity index (χ0v) is 23.5. The molecular weight excluding hydrogens is 504 g/mol. The van der Waals surface area contributed by atoms with Crippen molar-refractivity contribution in [1.29, 1.82) is 0 Å². The van der Waals surface area contributed by atoms with Crippen molar-refractivity contribution < 1.29 is 19.8 Å². The van der Waals surface area contributed by atoms with E-state index in [1.54, 1.807) is 0 Å². The van der Waals surface area contributed by atoms with Crippen molar-refractivity contribution in [2.75, 3.05) is 0 Å². The molecule has 5 rings (SSSR count). The smallest absolute Gasteiger partial charge is 0.303 e. The number of aromatic nitrogens is 4. The number of aliphatic carboxylic acids is 2. The summed E-state index contributed by atoms with van der Waals surface area (Å²) >= 11 is 0. The number of aryl methyl sites for hydroxylation is 3. The Morgan fingerprint density at radius 1 is 0.700 bits per heavy atom. The van der Waals surface area contributed by atoms with Gasteiger partial charge >= 0.3 is 11.9 Å². The molecule has 8 nitrogen and oxygen atoms in total. The van der Waals surface area contributed by atoms with Crippen LogP contribution in [0.1, 0.15) is 85.9 Å². The second-order valence-electron chi connectivity index (χ2n) is 10.6. The van der Waals surface area contributed by atoms with Gasteiger partial charge in [-0.25, -0.2) is 9.97 Å². The van der Waals surface area contributed by atoms with Gasteiger partial charge in [0.15, 0.2) is 0 Å². The lowest BCUT2D eigenvalue weighted by atomic mass is 10.00. The first kappa shape index (κ1) is 27.1. The highest BCUT2D eigenvalue weighted by molar-refractivity contribution is 5.95. The van der Waals surface area contributed by atoms with Gasteiger partial charge in [0.2, 0.25) is 0 Å². The van der Waals surface area contributed by atoms with Crippen molar-refractivity contribution >= 4 is 56.3 Å². The SMILES string of the molecule is CCC1=C(C)c2cc3nc(cc4[nH]c(cc5cc(C)c(cc1n2)[nH]5)c(C)c4CCC(=O)O)C(CCC(=O)O)=C3C. The molecule has 0 atom stereocenters. The molecule has 3 aromatic heterocycles. The Labute approximate surface area is 232 Å². The van der Waals surface area contributed by atoms with Gasteiger partial charge in [-0.1, -0.05) is 6.92 Å². The van der Waals surface area contributed by atoms with E-state index in [2.05, 4.69) is 42.9 Å². The summed E-state index contributed by atoms with van der Waals surface area (Å²) in [5.41, 5.74) is 13.9. The largest absolute Gasteiger partial charge is 0.481 e. The van der Waals surface area contributed by atoms with Crippen molar-refractivity contribution in [2.45, 2.75) is 66.7 Å². The van der Waals surface area contributed by atoms with Gasteiger partial charge in [-0.05, 0) is 116 Å². The highest BCUT2D eigenvalue weighted by atomic mass is 16.4. The predicted octanol–water partition coefficient (Wildman–Crippen LogP) is 7.09. The molecule has 0 spiro atoms. The zero-order chi connectivity index (χ0) is 28.7. The first-order valence-electron chi connectivity index (χ1n) is 13.6. The van der Waals surface area contributed by atoms with Crippen molar-refractivity contribution in [1.82, 2.24) is 19.9 Å². The van der Waals surface area contributed by atoms with Crippen LogP contribution in [-0.4, -0.2) is 42.1 Å². The van der Waals surface area contributed by atoms with Gasteiger partial charge in [0.1, 0.15) is 0 Å². The number of hydrogen-bond acceptors (Lipinski definition) is 4. The summed E-state index contributed by atoms with van der Waals surface area (Å²) in [7, 11) is 0. The third kappa shape index (κ3) is 5.09. The van der Waals surface area contributed by atoms with Crippen LogP contribution >= 0.6 is 0 Å². The molecule has 0 fully saturated rings. The monoisotopic (exact) mass is 538 g/mol. The molecule has 0 saturated carbocycles. The van der Waals surface area contributed by atoms with Crippen LogP contribution < -0.4 is 0 Å². The molecule has 0 aromatic carbocycles. The van der Waals surface area contributed by atoms with Gasteiger partial charge in [-0.3, -0.25) is 9.59 Å². The number of carboxylic acids is 2. The van der Waals surface area contributed by atoms with E-state index < -0.39 is 11.9 Å². The molecule has 4 N–H and O–H groups in total. The van der Waals surface area contributed by atoms with Crippen LogP contribution in [0.5, 0.6) is 0 Å². The van der Waals surface area contributed by atoms with Gasteiger partial charge in [-0.2, -0.15) is 0 Å². The Bertz CT molecular complexity index is 1790. The number of nitrogens with one attached hydrogen (secondary N) is 2. The second-order valence-corrected chi connectivity index (χ2v) is 10.6. The summed E-state index contributed by atoms with van der Waals surface area (Å²) in [5, 5.41) is 18.8. The maximum absolute atomic E-state index is 11.5. The summed E-state index contributed by atoms with van der Waals surface area (Å²) in [4.78, 5) is 39.9. The van der Waals surface area contributed by atoms with Crippen LogP contribution in [-0.2, 0) is 16.0 Å². The molecule has 8 heteroatoms. The number of H-pyrrole nitrogens is 2. The molecule has 0 saturated heterocycles. The Hall–Kier alpha value is -4.46. The lowest BCUT2D eigenvalue weighted by Gasteiger charge is -2.03. The lowest BCUT2D eigenvalue weighted by molar-refractivity contribution is -0.137. The zero-order valence-electron chi connectivity index (χ0n) is 23.5. The molecule has 206 valence electrons. The molecule has 2 aliphatic rings. The van der Waals surface area contributed by atoms with Gasteiger partial charge in [0.25, 0.3) is 0 Å². The number of rotatable bonds is 7. The molecular formula is C32H34N4O4. The highest BCUT2D eigenvalue weighted by Gasteiger charge is 2.21. The number of aromatic amines is 2. The minimum absolute atomic E-state index is 0.00185. The number of fused-ring (bicyclic) bond motifs is 8. The quantitative estimate of drug-likeness (QED) is 0.254. The Morgan fingerprint density at radius 3 is 1.95 bits per heavy atom. The minimum atomic E-state index is -0.869. The molecule has 0 aliphatic carbocycles. The van der Waals surface area contributed by atoms with Crippen LogP contribution in [0, 0.1) is 13.8 Å². The molecule has 0 unspecified atom stereocenters. The fraction of sp³-hybridized carbons (Fsp3) is 0.312. The third-order valence-corrected chi connectivity index (χ3v) is 7.97. The molecule has 2 aliphatic heterocycles. The predicted molar refractivity (Wildman–Crippen MR) is 159 cm³/mol. The average Bonchev–Trinajstić information content (AvgIpc) is 3.56. The summed E-state index contributed by atoms with van der Waals surface area (Å²) < 4.78 is 0. The van der Waals surface area contributed by atoms with Crippen molar-refractivity contribution in [3.8, 4) is 0 Å². The fourth-order valence-corrected chi connectivity index (χ4v) is 5.66. The van der Waals surface area contributed by atoms with E-state index in [9.17, 15) is 19.8 Å². The normalized spacial score (nSPS) is 13.3. The highest BCUT2D eigenvalue weighted by Crippen LogP contribution is 2.37. The van der Waals surface area contributed by atoms with Gasteiger partial charge < -0.3 is 20.2 Å². The Kier molecular flexibility index (Phi) is 7.19.